The summed E-state index contributed by atoms with van der Waals surface area (Å²) >= 11 is 8.50. The maximum atomic E-state index is 6.26. The molecule has 0 fully saturated rings. The summed E-state index contributed by atoms with van der Waals surface area (Å²) in [6, 6.07) is 21.5. The summed E-state index contributed by atoms with van der Waals surface area (Å²) in [4.78, 5) is 0. The van der Waals surface area contributed by atoms with E-state index >= 15 is 0 Å². The van der Waals surface area contributed by atoms with Gasteiger partial charge in [0, 0.05) is 5.56 Å². The number of benzene rings is 3. The standard InChI is InChI=1S/C21H15ClIN3O/c1-14-9-11-15(12-10-14)18-13-26(25-24-18)19-7-4-6-17(23)21(19)27-20-8-3-2-5-16(20)22/h2-13H,1H3. The summed E-state index contributed by atoms with van der Waals surface area (Å²) in [5.74, 6) is 1.29. The molecule has 6 heteroatoms. The van der Waals surface area contributed by atoms with Crippen molar-refractivity contribution in [3.05, 3.63) is 87.1 Å². The average molecular weight is 488 g/mol. The van der Waals surface area contributed by atoms with E-state index < -0.39 is 0 Å². The Labute approximate surface area is 175 Å². The van der Waals surface area contributed by atoms with Crippen molar-refractivity contribution in [3.63, 3.8) is 0 Å². The quantitative estimate of drug-likeness (QED) is 0.318. The lowest BCUT2D eigenvalue weighted by Crippen LogP contribution is -2.00. The predicted octanol–water partition coefficient (Wildman–Crippen LogP) is 6.29. The molecule has 1 heterocycles. The van der Waals surface area contributed by atoms with E-state index in [1.807, 2.05) is 54.7 Å². The summed E-state index contributed by atoms with van der Waals surface area (Å²) in [6.45, 7) is 2.06. The molecular formula is C21H15ClIN3O. The van der Waals surface area contributed by atoms with E-state index in [2.05, 4.69) is 52.0 Å². The van der Waals surface area contributed by atoms with Gasteiger partial charge in [-0.25, -0.2) is 4.68 Å². The normalized spacial score (nSPS) is 10.8. The minimum Gasteiger partial charge on any atom is -0.452 e. The number of halogens is 2. The highest BCUT2D eigenvalue weighted by Crippen LogP contribution is 2.36. The summed E-state index contributed by atoms with van der Waals surface area (Å²) in [7, 11) is 0. The SMILES string of the molecule is Cc1ccc(-c2cn(-c3cccc(I)c3Oc3ccccc3Cl)nn2)cc1. The van der Waals surface area contributed by atoms with E-state index in [0.717, 1.165) is 20.5 Å². The molecular weight excluding hydrogens is 473 g/mol. The van der Waals surface area contributed by atoms with Gasteiger partial charge in [0.1, 0.15) is 17.1 Å². The molecule has 134 valence electrons. The van der Waals surface area contributed by atoms with Crippen LogP contribution in [0.2, 0.25) is 5.02 Å². The Balaban J connectivity index is 1.74. The summed E-state index contributed by atoms with van der Waals surface area (Å²) < 4.78 is 8.81. The number of aromatic nitrogens is 3. The first-order valence-corrected chi connectivity index (χ1v) is 9.78. The van der Waals surface area contributed by atoms with Gasteiger partial charge in [0.05, 0.1) is 14.8 Å². The van der Waals surface area contributed by atoms with Crippen molar-refractivity contribution in [3.8, 4) is 28.4 Å². The largest absolute Gasteiger partial charge is 0.452 e. The molecule has 0 N–H and O–H groups in total. The Morgan fingerprint density at radius 2 is 1.74 bits per heavy atom. The van der Waals surface area contributed by atoms with Gasteiger partial charge in [-0.05, 0) is 53.8 Å². The third-order valence-electron chi connectivity index (χ3n) is 4.08. The molecule has 4 nitrogen and oxygen atoms in total. The summed E-state index contributed by atoms with van der Waals surface area (Å²) in [6.07, 6.45) is 1.90. The van der Waals surface area contributed by atoms with Crippen LogP contribution < -0.4 is 4.74 Å². The molecule has 4 aromatic rings. The Hall–Kier alpha value is -2.38. The first kappa shape index (κ1) is 18.0. The molecule has 0 aliphatic rings. The lowest BCUT2D eigenvalue weighted by Gasteiger charge is -2.13. The number of hydrogen-bond donors (Lipinski definition) is 0. The fourth-order valence-electron chi connectivity index (χ4n) is 2.65. The second kappa shape index (κ2) is 7.70. The topological polar surface area (TPSA) is 39.9 Å². The van der Waals surface area contributed by atoms with Crippen LogP contribution in [0.5, 0.6) is 11.5 Å². The molecule has 0 radical (unpaired) electrons. The summed E-state index contributed by atoms with van der Waals surface area (Å²) in [5.41, 5.74) is 3.83. The van der Waals surface area contributed by atoms with Gasteiger partial charge in [0.25, 0.3) is 0 Å². The van der Waals surface area contributed by atoms with Gasteiger partial charge >= 0.3 is 0 Å². The maximum absolute atomic E-state index is 6.26. The first-order valence-electron chi connectivity index (χ1n) is 8.32. The molecule has 0 amide bonds. The fraction of sp³-hybridized carbons (Fsp3) is 0.0476. The van der Waals surface area contributed by atoms with Gasteiger partial charge in [0.2, 0.25) is 0 Å². The van der Waals surface area contributed by atoms with Crippen molar-refractivity contribution >= 4 is 34.2 Å². The molecule has 0 bridgehead atoms. The lowest BCUT2D eigenvalue weighted by atomic mass is 10.1. The zero-order chi connectivity index (χ0) is 18.8. The molecule has 0 aliphatic heterocycles. The number of rotatable bonds is 4. The molecule has 0 atom stereocenters. The molecule has 27 heavy (non-hydrogen) atoms. The van der Waals surface area contributed by atoms with Crippen LogP contribution in [0.3, 0.4) is 0 Å². The molecule has 3 aromatic carbocycles. The number of ether oxygens (including phenoxy) is 1. The van der Waals surface area contributed by atoms with Crippen LogP contribution in [0.25, 0.3) is 16.9 Å². The molecule has 0 saturated heterocycles. The highest BCUT2D eigenvalue weighted by molar-refractivity contribution is 14.1. The third-order valence-corrected chi connectivity index (χ3v) is 5.24. The minimum atomic E-state index is 0.557. The van der Waals surface area contributed by atoms with Crippen LogP contribution in [0, 0.1) is 10.5 Å². The number of hydrogen-bond acceptors (Lipinski definition) is 3. The van der Waals surface area contributed by atoms with Crippen molar-refractivity contribution in [1.82, 2.24) is 15.0 Å². The molecule has 0 saturated carbocycles. The van der Waals surface area contributed by atoms with E-state index in [1.54, 1.807) is 10.7 Å². The predicted molar refractivity (Wildman–Crippen MR) is 116 cm³/mol. The smallest absolute Gasteiger partial charge is 0.166 e. The van der Waals surface area contributed by atoms with Gasteiger partial charge in [0.15, 0.2) is 5.75 Å². The van der Waals surface area contributed by atoms with E-state index in [9.17, 15) is 0 Å². The third kappa shape index (κ3) is 3.84. The Kier molecular flexibility index (Phi) is 5.13. The maximum Gasteiger partial charge on any atom is 0.166 e. The second-order valence-corrected chi connectivity index (χ2v) is 7.60. The number of para-hydroxylation sites is 2. The van der Waals surface area contributed by atoms with E-state index in [4.69, 9.17) is 16.3 Å². The summed E-state index contributed by atoms with van der Waals surface area (Å²) in [5, 5.41) is 9.18. The zero-order valence-electron chi connectivity index (χ0n) is 14.4. The van der Waals surface area contributed by atoms with Crippen LogP contribution in [-0.2, 0) is 0 Å². The van der Waals surface area contributed by atoms with E-state index in [0.29, 0.717) is 16.5 Å². The van der Waals surface area contributed by atoms with Gasteiger partial charge in [-0.15, -0.1) is 5.10 Å². The van der Waals surface area contributed by atoms with Crippen molar-refractivity contribution in [2.75, 3.05) is 0 Å². The highest BCUT2D eigenvalue weighted by atomic mass is 127. The zero-order valence-corrected chi connectivity index (χ0v) is 17.3. The number of aryl methyl sites for hydroxylation is 1. The second-order valence-electron chi connectivity index (χ2n) is 6.03. The first-order chi connectivity index (χ1) is 13.1. The van der Waals surface area contributed by atoms with Crippen molar-refractivity contribution < 1.29 is 4.74 Å². The lowest BCUT2D eigenvalue weighted by molar-refractivity contribution is 0.474. The van der Waals surface area contributed by atoms with Crippen molar-refractivity contribution in [1.29, 1.82) is 0 Å². The van der Waals surface area contributed by atoms with Crippen LogP contribution in [0.4, 0.5) is 0 Å². The Morgan fingerprint density at radius 3 is 2.52 bits per heavy atom. The van der Waals surface area contributed by atoms with Crippen LogP contribution >= 0.6 is 34.2 Å². The van der Waals surface area contributed by atoms with Crippen molar-refractivity contribution in [2.24, 2.45) is 0 Å². The van der Waals surface area contributed by atoms with Gasteiger partial charge in [-0.3, -0.25) is 0 Å². The molecule has 0 unspecified atom stereocenters. The monoisotopic (exact) mass is 487 g/mol. The number of nitrogens with zero attached hydrogens (tertiary/aromatic N) is 3. The van der Waals surface area contributed by atoms with Crippen LogP contribution in [0.15, 0.2) is 72.9 Å². The van der Waals surface area contributed by atoms with Gasteiger partial charge in [-0.1, -0.05) is 64.8 Å². The highest BCUT2D eigenvalue weighted by Gasteiger charge is 2.15. The minimum absolute atomic E-state index is 0.557. The van der Waals surface area contributed by atoms with Gasteiger partial charge in [-0.2, -0.15) is 0 Å². The fourth-order valence-corrected chi connectivity index (χ4v) is 3.42. The molecule has 1 aromatic heterocycles. The van der Waals surface area contributed by atoms with Gasteiger partial charge < -0.3 is 4.74 Å². The molecule has 4 rings (SSSR count). The van der Waals surface area contributed by atoms with E-state index in [1.165, 1.54) is 5.56 Å². The van der Waals surface area contributed by atoms with Crippen molar-refractivity contribution in [2.45, 2.75) is 6.92 Å². The Bertz CT molecular complexity index is 1090. The average Bonchev–Trinajstić information content (AvgIpc) is 3.15. The molecule has 0 spiro atoms. The van der Waals surface area contributed by atoms with Crippen LogP contribution in [-0.4, -0.2) is 15.0 Å². The Morgan fingerprint density at radius 1 is 0.963 bits per heavy atom. The molecule has 0 aliphatic carbocycles. The van der Waals surface area contributed by atoms with Crippen LogP contribution in [0.1, 0.15) is 5.56 Å². The van der Waals surface area contributed by atoms with E-state index in [-0.39, 0.29) is 0 Å².